The molecule has 0 bridgehead atoms. The number of anilines is 1. The third-order valence-electron chi connectivity index (χ3n) is 5.47. The SMILES string of the molecule is CCN(Cc1ccccc1)S(=O)(=O)c1ccc(C(=O)Nc2nnc(-c3ccccc3S(C)(=O)=O)o2)cc1. The van der Waals surface area contributed by atoms with Crippen LogP contribution >= 0.6 is 0 Å². The lowest BCUT2D eigenvalue weighted by Gasteiger charge is -2.20. The maximum Gasteiger partial charge on any atom is 0.322 e. The molecule has 192 valence electrons. The van der Waals surface area contributed by atoms with Crippen molar-refractivity contribution in [2.75, 3.05) is 18.1 Å². The summed E-state index contributed by atoms with van der Waals surface area (Å²) in [5, 5.41) is 10.0. The first-order valence-electron chi connectivity index (χ1n) is 11.2. The van der Waals surface area contributed by atoms with Crippen LogP contribution in [0.15, 0.2) is 93.1 Å². The molecule has 0 spiro atoms. The highest BCUT2D eigenvalue weighted by atomic mass is 32.2. The molecule has 0 saturated heterocycles. The topological polar surface area (TPSA) is 140 Å². The van der Waals surface area contributed by atoms with Crippen LogP contribution in [0.1, 0.15) is 22.8 Å². The minimum Gasteiger partial charge on any atom is -0.403 e. The molecule has 12 heteroatoms. The third kappa shape index (κ3) is 5.93. The Labute approximate surface area is 214 Å². The van der Waals surface area contributed by atoms with E-state index in [9.17, 15) is 21.6 Å². The van der Waals surface area contributed by atoms with Gasteiger partial charge in [-0.3, -0.25) is 10.1 Å². The maximum absolute atomic E-state index is 13.1. The maximum atomic E-state index is 13.1. The van der Waals surface area contributed by atoms with Crippen molar-refractivity contribution in [3.05, 3.63) is 90.0 Å². The van der Waals surface area contributed by atoms with Gasteiger partial charge in [-0.15, -0.1) is 5.10 Å². The van der Waals surface area contributed by atoms with E-state index in [1.165, 1.54) is 40.7 Å². The molecular weight excluding hydrogens is 516 g/mol. The number of hydrogen-bond acceptors (Lipinski definition) is 8. The van der Waals surface area contributed by atoms with E-state index in [1.54, 1.807) is 19.1 Å². The van der Waals surface area contributed by atoms with Gasteiger partial charge in [0.25, 0.3) is 11.8 Å². The van der Waals surface area contributed by atoms with Crippen molar-refractivity contribution >= 4 is 31.8 Å². The van der Waals surface area contributed by atoms with Gasteiger partial charge < -0.3 is 4.42 Å². The Kier molecular flexibility index (Phi) is 7.52. The van der Waals surface area contributed by atoms with E-state index in [2.05, 4.69) is 15.5 Å². The van der Waals surface area contributed by atoms with E-state index in [0.717, 1.165) is 11.8 Å². The minimum absolute atomic E-state index is 0.0155. The van der Waals surface area contributed by atoms with E-state index < -0.39 is 25.8 Å². The summed E-state index contributed by atoms with van der Waals surface area (Å²) in [7, 11) is -7.33. The molecule has 10 nitrogen and oxygen atoms in total. The van der Waals surface area contributed by atoms with Gasteiger partial charge in [0.05, 0.1) is 15.4 Å². The minimum atomic E-state index is -3.78. The summed E-state index contributed by atoms with van der Waals surface area (Å²) < 4.78 is 57.1. The summed E-state index contributed by atoms with van der Waals surface area (Å²) in [4.78, 5) is 12.8. The van der Waals surface area contributed by atoms with E-state index in [-0.39, 0.29) is 45.9 Å². The van der Waals surface area contributed by atoms with Crippen molar-refractivity contribution in [1.82, 2.24) is 14.5 Å². The Balaban J connectivity index is 1.49. The molecule has 1 amide bonds. The molecule has 0 aliphatic rings. The predicted octanol–water partition coefficient (Wildman–Crippen LogP) is 3.60. The van der Waals surface area contributed by atoms with Gasteiger partial charge in [-0.2, -0.15) is 4.31 Å². The smallest absolute Gasteiger partial charge is 0.322 e. The van der Waals surface area contributed by atoms with Crippen LogP contribution in [-0.4, -0.2) is 50.0 Å². The van der Waals surface area contributed by atoms with E-state index in [0.29, 0.717) is 0 Å². The van der Waals surface area contributed by atoms with Gasteiger partial charge in [-0.05, 0) is 42.0 Å². The molecule has 0 radical (unpaired) electrons. The number of sulfonamides is 1. The lowest BCUT2D eigenvalue weighted by Crippen LogP contribution is -2.30. The predicted molar refractivity (Wildman–Crippen MR) is 137 cm³/mol. The molecule has 4 aromatic rings. The molecule has 0 atom stereocenters. The second-order valence-corrected chi connectivity index (χ2v) is 12.0. The van der Waals surface area contributed by atoms with Crippen molar-refractivity contribution in [3.63, 3.8) is 0 Å². The summed E-state index contributed by atoms with van der Waals surface area (Å²) in [5.41, 5.74) is 1.24. The van der Waals surface area contributed by atoms with Crippen LogP contribution in [0.3, 0.4) is 0 Å². The molecule has 3 aromatic carbocycles. The molecule has 1 heterocycles. The third-order valence-corrected chi connectivity index (χ3v) is 8.56. The van der Waals surface area contributed by atoms with Crippen molar-refractivity contribution < 1.29 is 26.0 Å². The van der Waals surface area contributed by atoms with Gasteiger partial charge in [-0.1, -0.05) is 54.5 Å². The monoisotopic (exact) mass is 540 g/mol. The Morgan fingerprint density at radius 1 is 0.892 bits per heavy atom. The summed E-state index contributed by atoms with van der Waals surface area (Å²) in [5.74, 6) is -0.678. The van der Waals surface area contributed by atoms with Crippen LogP contribution in [0, 0.1) is 0 Å². The first kappa shape index (κ1) is 26.2. The number of benzene rings is 3. The summed E-state index contributed by atoms with van der Waals surface area (Å²) in [6.07, 6.45) is 1.07. The first-order chi connectivity index (χ1) is 17.6. The number of nitrogens with one attached hydrogen (secondary N) is 1. The average molecular weight is 541 g/mol. The number of rotatable bonds is 9. The van der Waals surface area contributed by atoms with E-state index in [4.69, 9.17) is 4.42 Å². The number of hydrogen-bond donors (Lipinski definition) is 1. The van der Waals surface area contributed by atoms with Crippen LogP contribution < -0.4 is 5.32 Å². The van der Waals surface area contributed by atoms with Crippen LogP contribution in [0.2, 0.25) is 0 Å². The van der Waals surface area contributed by atoms with Gasteiger partial charge in [-0.25, -0.2) is 16.8 Å². The Morgan fingerprint density at radius 2 is 1.54 bits per heavy atom. The highest BCUT2D eigenvalue weighted by Gasteiger charge is 2.24. The van der Waals surface area contributed by atoms with Crippen LogP contribution in [0.4, 0.5) is 6.01 Å². The van der Waals surface area contributed by atoms with Crippen molar-refractivity contribution in [3.8, 4) is 11.5 Å². The largest absolute Gasteiger partial charge is 0.403 e. The Bertz CT molecular complexity index is 1620. The average Bonchev–Trinajstić information content (AvgIpc) is 3.35. The van der Waals surface area contributed by atoms with Gasteiger partial charge in [0, 0.05) is 24.9 Å². The Morgan fingerprint density at radius 3 is 2.19 bits per heavy atom. The van der Waals surface area contributed by atoms with Crippen molar-refractivity contribution in [2.24, 2.45) is 0 Å². The van der Waals surface area contributed by atoms with Gasteiger partial charge in [0.15, 0.2) is 9.84 Å². The van der Waals surface area contributed by atoms with Gasteiger partial charge in [0.1, 0.15) is 0 Å². The highest BCUT2D eigenvalue weighted by Crippen LogP contribution is 2.27. The molecule has 37 heavy (non-hydrogen) atoms. The number of amides is 1. The number of aromatic nitrogens is 2. The standard InChI is InChI=1S/C25H24N4O6S2/c1-3-29(17-18-9-5-4-6-10-18)37(33,34)20-15-13-19(14-16-20)23(30)26-25-28-27-24(35-25)21-11-7-8-12-22(21)36(2,31)32/h4-16H,3,17H2,1-2H3,(H,26,28,30). The van der Waals surface area contributed by atoms with E-state index in [1.807, 2.05) is 30.3 Å². The fraction of sp³-hybridized carbons (Fsp3) is 0.160. The second kappa shape index (κ2) is 10.6. The molecule has 4 rings (SSSR count). The summed E-state index contributed by atoms with van der Waals surface area (Å²) in [6.45, 7) is 2.26. The molecule has 0 fully saturated rings. The zero-order valence-electron chi connectivity index (χ0n) is 20.0. The second-order valence-electron chi connectivity index (χ2n) is 8.08. The summed E-state index contributed by atoms with van der Waals surface area (Å²) in [6, 6.07) is 20.7. The molecule has 0 aliphatic heterocycles. The number of carbonyl (C=O) groups excluding carboxylic acids is 1. The Hall–Kier alpha value is -3.87. The van der Waals surface area contributed by atoms with Crippen molar-refractivity contribution in [2.45, 2.75) is 23.3 Å². The molecule has 0 unspecified atom stereocenters. The summed E-state index contributed by atoms with van der Waals surface area (Å²) >= 11 is 0. The molecule has 0 saturated carbocycles. The normalized spacial score (nSPS) is 12.0. The van der Waals surface area contributed by atoms with Crippen molar-refractivity contribution in [1.29, 1.82) is 0 Å². The lowest BCUT2D eigenvalue weighted by atomic mass is 10.2. The number of nitrogens with zero attached hydrogens (tertiary/aromatic N) is 3. The molecule has 1 aromatic heterocycles. The van der Waals surface area contributed by atoms with Gasteiger partial charge in [0.2, 0.25) is 10.0 Å². The highest BCUT2D eigenvalue weighted by molar-refractivity contribution is 7.90. The van der Waals surface area contributed by atoms with Gasteiger partial charge >= 0.3 is 6.01 Å². The van der Waals surface area contributed by atoms with Crippen LogP contribution in [0.25, 0.3) is 11.5 Å². The fourth-order valence-corrected chi connectivity index (χ4v) is 5.92. The molecule has 0 aliphatic carbocycles. The number of sulfone groups is 1. The zero-order chi connectivity index (χ0) is 26.6. The molecular formula is C25H24N4O6S2. The fourth-order valence-electron chi connectivity index (χ4n) is 3.60. The van der Waals surface area contributed by atoms with Crippen LogP contribution in [-0.2, 0) is 26.4 Å². The van der Waals surface area contributed by atoms with E-state index >= 15 is 0 Å². The quantitative estimate of drug-likeness (QED) is 0.340. The zero-order valence-corrected chi connectivity index (χ0v) is 21.7. The number of carbonyl (C=O) groups is 1. The van der Waals surface area contributed by atoms with Crippen LogP contribution in [0.5, 0.6) is 0 Å². The molecule has 1 N–H and O–H groups in total. The lowest BCUT2D eigenvalue weighted by molar-refractivity contribution is 0.102. The first-order valence-corrected chi connectivity index (χ1v) is 14.5.